The number of thiophene rings is 1. The van der Waals surface area contributed by atoms with Gasteiger partial charge in [0.2, 0.25) is 0 Å². The summed E-state index contributed by atoms with van der Waals surface area (Å²) in [4.78, 5) is 12.2. The largest absolute Gasteiger partial charge is 0.484 e. The minimum Gasteiger partial charge on any atom is -0.484 e. The Morgan fingerprint density at radius 1 is 1.17 bits per heavy atom. The van der Waals surface area contributed by atoms with Crippen molar-refractivity contribution in [1.82, 2.24) is 0 Å². The van der Waals surface area contributed by atoms with Gasteiger partial charge in [-0.15, -0.1) is 11.3 Å². The lowest BCUT2D eigenvalue weighted by Gasteiger charge is -2.30. The number of sulfonamides is 1. The van der Waals surface area contributed by atoms with Gasteiger partial charge in [0.15, 0.2) is 6.61 Å². The van der Waals surface area contributed by atoms with E-state index in [9.17, 15) is 17.6 Å². The number of benzene rings is 2. The Morgan fingerprint density at radius 3 is 2.70 bits per heavy atom. The van der Waals surface area contributed by atoms with Crippen molar-refractivity contribution >= 4 is 38.6 Å². The van der Waals surface area contributed by atoms with Crippen LogP contribution in [0.4, 0.5) is 15.8 Å². The van der Waals surface area contributed by atoms with Crippen LogP contribution in [-0.4, -0.2) is 27.5 Å². The molecular weight excluding hydrogens is 427 g/mol. The van der Waals surface area contributed by atoms with Crippen molar-refractivity contribution in [2.45, 2.75) is 17.1 Å². The Bertz CT molecular complexity index is 1150. The van der Waals surface area contributed by atoms with E-state index >= 15 is 0 Å². The highest BCUT2D eigenvalue weighted by Crippen LogP contribution is 2.34. The first kappa shape index (κ1) is 20.4. The number of carbonyl (C=O) groups excluding carboxylic acids is 1. The van der Waals surface area contributed by atoms with E-state index in [-0.39, 0.29) is 18.3 Å². The molecule has 1 N–H and O–H groups in total. The summed E-state index contributed by atoms with van der Waals surface area (Å²) in [5, 5.41) is 4.49. The molecule has 0 saturated carbocycles. The molecular formula is C21H19FN2O4S2. The van der Waals surface area contributed by atoms with Crippen molar-refractivity contribution in [1.29, 1.82) is 0 Å². The number of aryl methyl sites for hydroxylation is 1. The molecule has 1 aromatic heterocycles. The van der Waals surface area contributed by atoms with Crippen LogP contribution in [0, 0.1) is 5.82 Å². The van der Waals surface area contributed by atoms with Crippen molar-refractivity contribution < 1.29 is 22.3 Å². The fourth-order valence-electron chi connectivity index (χ4n) is 3.29. The number of nitrogens with one attached hydrogen (secondary N) is 1. The topological polar surface area (TPSA) is 75.7 Å². The van der Waals surface area contributed by atoms with Gasteiger partial charge in [-0.2, -0.15) is 0 Å². The number of nitrogens with zero attached hydrogens (tertiary/aromatic N) is 1. The van der Waals surface area contributed by atoms with Gasteiger partial charge < -0.3 is 10.1 Å². The Balaban J connectivity index is 1.46. The van der Waals surface area contributed by atoms with Crippen LogP contribution in [0.5, 0.6) is 5.75 Å². The summed E-state index contributed by atoms with van der Waals surface area (Å²) in [5.41, 5.74) is 2.06. The molecule has 30 heavy (non-hydrogen) atoms. The maximum atomic E-state index is 12.9. The number of carbonyl (C=O) groups is 1. The molecule has 0 fully saturated rings. The molecule has 2 heterocycles. The molecule has 3 aromatic rings. The normalized spacial score (nSPS) is 13.6. The van der Waals surface area contributed by atoms with Crippen molar-refractivity contribution in [3.8, 4) is 5.75 Å². The lowest BCUT2D eigenvalue weighted by atomic mass is 10.0. The Kier molecular flexibility index (Phi) is 5.74. The lowest BCUT2D eigenvalue weighted by Crippen LogP contribution is -2.35. The summed E-state index contributed by atoms with van der Waals surface area (Å²) in [6, 6.07) is 13.9. The third-order valence-electron chi connectivity index (χ3n) is 4.66. The van der Waals surface area contributed by atoms with Crippen LogP contribution in [0.3, 0.4) is 0 Å². The first-order chi connectivity index (χ1) is 14.4. The van der Waals surface area contributed by atoms with Crippen LogP contribution < -0.4 is 14.4 Å². The van der Waals surface area contributed by atoms with E-state index in [1.54, 1.807) is 35.7 Å². The third-order valence-corrected chi connectivity index (χ3v) is 7.85. The summed E-state index contributed by atoms with van der Waals surface area (Å²) in [7, 11) is -3.59. The van der Waals surface area contributed by atoms with Gasteiger partial charge in [-0.1, -0.05) is 6.07 Å². The van der Waals surface area contributed by atoms with Crippen molar-refractivity contribution in [2.24, 2.45) is 0 Å². The maximum absolute atomic E-state index is 12.9. The number of fused-ring (bicyclic) bond motifs is 1. The molecule has 0 bridgehead atoms. The molecule has 1 aliphatic heterocycles. The van der Waals surface area contributed by atoms with E-state index in [4.69, 9.17) is 4.74 Å². The molecule has 0 unspecified atom stereocenters. The summed E-state index contributed by atoms with van der Waals surface area (Å²) < 4.78 is 45.9. The van der Waals surface area contributed by atoms with Gasteiger partial charge in [-0.05, 0) is 72.3 Å². The van der Waals surface area contributed by atoms with Crippen LogP contribution in [0.1, 0.15) is 12.0 Å². The molecule has 0 spiro atoms. The van der Waals surface area contributed by atoms with Crippen LogP contribution >= 0.6 is 11.3 Å². The summed E-state index contributed by atoms with van der Waals surface area (Å²) in [5.74, 6) is -0.347. The highest BCUT2D eigenvalue weighted by molar-refractivity contribution is 7.94. The molecule has 0 aliphatic carbocycles. The Hall–Kier alpha value is -2.91. The maximum Gasteiger partial charge on any atom is 0.273 e. The standard InChI is InChI=1S/C21H19FN2O4S2/c22-16-5-8-18(9-6-16)28-14-20(25)23-17-7-10-19-15(13-17)3-1-11-24(19)30(26,27)21-4-2-12-29-21/h2,4-10,12-13H,1,3,11,14H2,(H,23,25). The summed E-state index contributed by atoms with van der Waals surface area (Å²) >= 11 is 1.19. The van der Waals surface area contributed by atoms with Gasteiger partial charge in [0.1, 0.15) is 15.8 Å². The molecule has 156 valence electrons. The number of halogens is 1. The number of hydrogen-bond acceptors (Lipinski definition) is 5. The predicted molar refractivity (Wildman–Crippen MR) is 114 cm³/mol. The molecule has 0 saturated heterocycles. The number of hydrogen-bond donors (Lipinski definition) is 1. The van der Waals surface area contributed by atoms with Crippen molar-refractivity contribution in [3.63, 3.8) is 0 Å². The third kappa shape index (κ3) is 4.31. The SMILES string of the molecule is O=C(COc1ccc(F)cc1)Nc1ccc2c(c1)CCCN2S(=O)(=O)c1cccs1. The van der Waals surface area contributed by atoms with Gasteiger partial charge in [0.05, 0.1) is 5.69 Å². The zero-order valence-electron chi connectivity index (χ0n) is 15.9. The molecule has 4 rings (SSSR count). The molecule has 6 nitrogen and oxygen atoms in total. The van der Waals surface area contributed by atoms with Crippen LogP contribution in [-0.2, 0) is 21.2 Å². The van der Waals surface area contributed by atoms with Crippen molar-refractivity contribution in [3.05, 3.63) is 71.4 Å². The number of amides is 1. The number of rotatable bonds is 6. The smallest absolute Gasteiger partial charge is 0.273 e. The molecule has 9 heteroatoms. The van der Waals surface area contributed by atoms with Gasteiger partial charge >= 0.3 is 0 Å². The highest BCUT2D eigenvalue weighted by atomic mass is 32.2. The number of ether oxygens (including phenoxy) is 1. The van der Waals surface area contributed by atoms with E-state index in [0.717, 1.165) is 12.0 Å². The molecule has 0 radical (unpaired) electrons. The van der Waals surface area contributed by atoms with Gasteiger partial charge in [-0.3, -0.25) is 9.10 Å². The minimum absolute atomic E-state index is 0.221. The summed E-state index contributed by atoms with van der Waals surface area (Å²) in [6.45, 7) is 0.200. The summed E-state index contributed by atoms with van der Waals surface area (Å²) in [6.07, 6.45) is 1.42. The lowest BCUT2D eigenvalue weighted by molar-refractivity contribution is -0.118. The van der Waals surface area contributed by atoms with E-state index in [0.29, 0.717) is 34.3 Å². The van der Waals surface area contributed by atoms with E-state index < -0.39 is 10.0 Å². The van der Waals surface area contributed by atoms with Crippen LogP contribution in [0.2, 0.25) is 0 Å². The second kappa shape index (κ2) is 8.45. The first-order valence-electron chi connectivity index (χ1n) is 9.31. The minimum atomic E-state index is -3.59. The van der Waals surface area contributed by atoms with Crippen LogP contribution in [0.25, 0.3) is 0 Å². The first-order valence-corrected chi connectivity index (χ1v) is 11.6. The monoisotopic (exact) mass is 446 g/mol. The molecule has 0 atom stereocenters. The van der Waals surface area contributed by atoms with E-state index in [1.165, 1.54) is 39.9 Å². The molecule has 2 aromatic carbocycles. The van der Waals surface area contributed by atoms with Gasteiger partial charge in [0.25, 0.3) is 15.9 Å². The molecule has 1 aliphatic rings. The fraction of sp³-hybridized carbons (Fsp3) is 0.190. The van der Waals surface area contributed by atoms with E-state index in [1.807, 2.05) is 0 Å². The highest BCUT2D eigenvalue weighted by Gasteiger charge is 2.29. The predicted octanol–water partition coefficient (Wildman–Crippen LogP) is 4.05. The average molecular weight is 447 g/mol. The van der Waals surface area contributed by atoms with Crippen LogP contribution in [0.15, 0.2) is 64.2 Å². The van der Waals surface area contributed by atoms with Gasteiger partial charge in [-0.25, -0.2) is 12.8 Å². The van der Waals surface area contributed by atoms with E-state index in [2.05, 4.69) is 5.32 Å². The van der Waals surface area contributed by atoms with Crippen molar-refractivity contribution in [2.75, 3.05) is 22.8 Å². The van der Waals surface area contributed by atoms with Gasteiger partial charge in [0, 0.05) is 12.2 Å². The zero-order chi connectivity index (χ0) is 21.1. The second-order valence-corrected chi connectivity index (χ2v) is 9.78. The second-order valence-electron chi connectivity index (χ2n) is 6.75. The zero-order valence-corrected chi connectivity index (χ0v) is 17.5. The number of anilines is 2. The quantitative estimate of drug-likeness (QED) is 0.620. The fourth-order valence-corrected chi connectivity index (χ4v) is 5.93. The Labute approximate surface area is 178 Å². The molecule has 1 amide bonds. The Morgan fingerprint density at radius 2 is 1.97 bits per heavy atom. The average Bonchev–Trinajstić information content (AvgIpc) is 3.28.